The fourth-order valence-corrected chi connectivity index (χ4v) is 3.38. The van der Waals surface area contributed by atoms with Crippen molar-refractivity contribution in [3.05, 3.63) is 59.7 Å². The van der Waals surface area contributed by atoms with Crippen molar-refractivity contribution < 1.29 is 8.78 Å². The van der Waals surface area contributed by atoms with Crippen LogP contribution >= 0.6 is 0 Å². The highest BCUT2D eigenvalue weighted by Gasteiger charge is 2.18. The molecule has 0 radical (unpaired) electrons. The first kappa shape index (κ1) is 15.2. The van der Waals surface area contributed by atoms with Crippen LogP contribution in [0.15, 0.2) is 42.5 Å². The predicted octanol–water partition coefficient (Wildman–Crippen LogP) is 6.00. The Morgan fingerprint density at radius 2 is 1.45 bits per heavy atom. The van der Waals surface area contributed by atoms with E-state index in [4.69, 9.17) is 0 Å². The van der Waals surface area contributed by atoms with E-state index in [0.717, 1.165) is 29.4 Å². The molecular weight excluding hydrogens is 278 g/mol. The molecule has 2 aromatic carbocycles. The molecule has 0 nitrogen and oxygen atoms in total. The highest BCUT2D eigenvalue weighted by molar-refractivity contribution is 5.63. The van der Waals surface area contributed by atoms with Gasteiger partial charge in [-0.3, -0.25) is 0 Å². The second-order valence-electron chi connectivity index (χ2n) is 6.66. The lowest BCUT2D eigenvalue weighted by atomic mass is 9.80. The number of hydrogen-bond donors (Lipinski definition) is 0. The molecule has 0 heterocycles. The van der Waals surface area contributed by atoms with E-state index in [1.54, 1.807) is 6.07 Å². The summed E-state index contributed by atoms with van der Waals surface area (Å²) in [4.78, 5) is 0. The molecule has 0 unspecified atom stereocenters. The van der Waals surface area contributed by atoms with Crippen LogP contribution in [0.3, 0.4) is 0 Å². The van der Waals surface area contributed by atoms with E-state index in [2.05, 4.69) is 19.1 Å². The normalized spacial score (nSPS) is 21.8. The molecule has 2 heteroatoms. The Hall–Kier alpha value is -1.70. The summed E-state index contributed by atoms with van der Waals surface area (Å²) in [6.45, 7) is 2.34. The summed E-state index contributed by atoms with van der Waals surface area (Å²) in [5.74, 6) is 0.0853. The third kappa shape index (κ3) is 3.55. The van der Waals surface area contributed by atoms with Gasteiger partial charge in [-0.15, -0.1) is 0 Å². The number of benzene rings is 2. The fourth-order valence-electron chi connectivity index (χ4n) is 3.38. The maximum Gasteiger partial charge on any atom is 0.159 e. The minimum atomic E-state index is -0.799. The number of hydrogen-bond acceptors (Lipinski definition) is 0. The summed E-state index contributed by atoms with van der Waals surface area (Å²) in [6.07, 6.45) is 6.47. The zero-order chi connectivity index (χ0) is 15.5. The molecule has 0 bridgehead atoms. The van der Waals surface area contributed by atoms with Crippen molar-refractivity contribution in [3.8, 4) is 11.1 Å². The fraction of sp³-hybridized carbons (Fsp3) is 0.400. The summed E-state index contributed by atoms with van der Waals surface area (Å²) in [5.41, 5.74) is 2.99. The van der Waals surface area contributed by atoms with Gasteiger partial charge in [0.25, 0.3) is 0 Å². The van der Waals surface area contributed by atoms with Crippen LogP contribution in [0, 0.1) is 23.5 Å². The lowest BCUT2D eigenvalue weighted by molar-refractivity contribution is 0.289. The van der Waals surface area contributed by atoms with E-state index >= 15 is 0 Å². The smallest absolute Gasteiger partial charge is 0.159 e. The van der Waals surface area contributed by atoms with Crippen LogP contribution in [0.2, 0.25) is 0 Å². The van der Waals surface area contributed by atoms with Gasteiger partial charge in [0, 0.05) is 0 Å². The molecule has 0 saturated heterocycles. The van der Waals surface area contributed by atoms with E-state index in [9.17, 15) is 8.78 Å². The van der Waals surface area contributed by atoms with Gasteiger partial charge in [-0.25, -0.2) is 8.78 Å². The summed E-state index contributed by atoms with van der Waals surface area (Å²) in [5, 5.41) is 0. The van der Waals surface area contributed by atoms with Crippen LogP contribution in [-0.4, -0.2) is 0 Å². The molecule has 1 fully saturated rings. The molecule has 22 heavy (non-hydrogen) atoms. The van der Waals surface area contributed by atoms with Gasteiger partial charge < -0.3 is 0 Å². The van der Waals surface area contributed by atoms with Gasteiger partial charge in [-0.2, -0.15) is 0 Å². The number of halogens is 2. The molecule has 0 amide bonds. The summed E-state index contributed by atoms with van der Waals surface area (Å²) in [7, 11) is 0. The zero-order valence-electron chi connectivity index (χ0n) is 13.0. The highest BCUT2D eigenvalue weighted by atomic mass is 19.2. The Kier molecular flexibility index (Phi) is 4.56. The molecule has 0 aromatic heterocycles. The van der Waals surface area contributed by atoms with Gasteiger partial charge in [0.1, 0.15) is 0 Å². The Labute approximate surface area is 131 Å². The van der Waals surface area contributed by atoms with Crippen LogP contribution in [-0.2, 0) is 6.42 Å². The van der Waals surface area contributed by atoms with Crippen molar-refractivity contribution in [2.75, 3.05) is 0 Å². The lowest BCUT2D eigenvalue weighted by Crippen LogP contribution is -2.14. The second kappa shape index (κ2) is 6.60. The van der Waals surface area contributed by atoms with E-state index in [1.807, 2.05) is 12.1 Å². The van der Waals surface area contributed by atoms with Crippen molar-refractivity contribution in [1.29, 1.82) is 0 Å². The summed E-state index contributed by atoms with van der Waals surface area (Å²) >= 11 is 0. The average Bonchev–Trinajstić information content (AvgIpc) is 2.53. The van der Waals surface area contributed by atoms with Crippen LogP contribution < -0.4 is 0 Å². The molecule has 0 N–H and O–H groups in total. The van der Waals surface area contributed by atoms with Gasteiger partial charge in [0.2, 0.25) is 0 Å². The van der Waals surface area contributed by atoms with Gasteiger partial charge in [0.15, 0.2) is 11.6 Å². The molecular formula is C20H22F2. The third-order valence-electron chi connectivity index (χ3n) is 4.87. The van der Waals surface area contributed by atoms with Crippen molar-refractivity contribution in [1.82, 2.24) is 0 Å². The molecule has 0 aliphatic heterocycles. The molecule has 116 valence electrons. The molecule has 3 rings (SSSR count). The minimum absolute atomic E-state index is 0.719. The van der Waals surface area contributed by atoms with Crippen LogP contribution in [0.1, 0.15) is 38.2 Å². The molecule has 2 aromatic rings. The highest BCUT2D eigenvalue weighted by Crippen LogP contribution is 2.31. The summed E-state index contributed by atoms with van der Waals surface area (Å²) < 4.78 is 26.3. The second-order valence-corrected chi connectivity index (χ2v) is 6.66. The van der Waals surface area contributed by atoms with E-state index < -0.39 is 11.6 Å². The van der Waals surface area contributed by atoms with Crippen molar-refractivity contribution in [2.45, 2.75) is 39.0 Å². The molecule has 1 saturated carbocycles. The van der Waals surface area contributed by atoms with E-state index in [1.165, 1.54) is 43.4 Å². The maximum absolute atomic E-state index is 13.3. The molecule has 1 aliphatic rings. The lowest BCUT2D eigenvalue weighted by Gasteiger charge is -2.26. The van der Waals surface area contributed by atoms with Crippen molar-refractivity contribution in [2.24, 2.45) is 11.8 Å². The van der Waals surface area contributed by atoms with Gasteiger partial charge in [-0.1, -0.05) is 50.1 Å². The van der Waals surface area contributed by atoms with Crippen LogP contribution in [0.25, 0.3) is 11.1 Å². The first-order valence-corrected chi connectivity index (χ1v) is 8.16. The van der Waals surface area contributed by atoms with Gasteiger partial charge >= 0.3 is 0 Å². The molecule has 0 spiro atoms. The zero-order valence-corrected chi connectivity index (χ0v) is 13.0. The van der Waals surface area contributed by atoms with E-state index in [0.29, 0.717) is 0 Å². The standard InChI is InChI=1S/C20H22F2/c1-14-2-4-15(5-3-14)12-16-6-8-17(9-7-16)18-10-11-19(21)20(22)13-18/h6-11,13-15H,2-5,12H2,1H3. The van der Waals surface area contributed by atoms with Crippen LogP contribution in [0.4, 0.5) is 8.78 Å². The Morgan fingerprint density at radius 3 is 2.09 bits per heavy atom. The molecule has 0 atom stereocenters. The minimum Gasteiger partial charge on any atom is -0.204 e. The SMILES string of the molecule is CC1CCC(Cc2ccc(-c3ccc(F)c(F)c3)cc2)CC1. The first-order chi connectivity index (χ1) is 10.6. The van der Waals surface area contributed by atoms with Crippen molar-refractivity contribution in [3.63, 3.8) is 0 Å². The van der Waals surface area contributed by atoms with Gasteiger partial charge in [-0.05, 0) is 59.9 Å². The predicted molar refractivity (Wildman–Crippen MR) is 86.6 cm³/mol. The van der Waals surface area contributed by atoms with Gasteiger partial charge in [0.05, 0.1) is 0 Å². The van der Waals surface area contributed by atoms with Crippen LogP contribution in [0.5, 0.6) is 0 Å². The Bertz CT molecular complexity index is 623. The number of rotatable bonds is 3. The Morgan fingerprint density at radius 1 is 0.818 bits per heavy atom. The average molecular weight is 300 g/mol. The van der Waals surface area contributed by atoms with E-state index in [-0.39, 0.29) is 0 Å². The summed E-state index contributed by atoms with van der Waals surface area (Å²) in [6, 6.07) is 12.3. The molecule has 1 aliphatic carbocycles. The quantitative estimate of drug-likeness (QED) is 0.652. The Balaban J connectivity index is 1.68. The third-order valence-corrected chi connectivity index (χ3v) is 4.87. The largest absolute Gasteiger partial charge is 0.204 e. The van der Waals surface area contributed by atoms with Crippen molar-refractivity contribution >= 4 is 0 Å². The topological polar surface area (TPSA) is 0 Å². The maximum atomic E-state index is 13.3. The first-order valence-electron chi connectivity index (χ1n) is 8.16. The monoisotopic (exact) mass is 300 g/mol.